The first-order valence-corrected chi connectivity index (χ1v) is 8.11. The molecule has 0 spiro atoms. The maximum absolute atomic E-state index is 6.01. The molecule has 0 N–H and O–H groups in total. The van der Waals surface area contributed by atoms with Crippen LogP contribution in [-0.2, 0) is 4.74 Å². The van der Waals surface area contributed by atoms with E-state index in [-0.39, 0.29) is 0 Å². The normalized spacial score (nSPS) is 35.7. The van der Waals surface area contributed by atoms with Crippen LogP contribution in [-0.4, -0.2) is 0 Å². The molecule has 0 aromatic carbocycles. The molecule has 0 aromatic heterocycles. The van der Waals surface area contributed by atoms with Crippen LogP contribution in [0.15, 0.2) is 24.7 Å². The van der Waals surface area contributed by atoms with Gasteiger partial charge in [0.05, 0.1) is 11.5 Å². The summed E-state index contributed by atoms with van der Waals surface area (Å²) in [7, 11) is 0. The Morgan fingerprint density at radius 3 is 1.32 bits per heavy atom. The van der Waals surface area contributed by atoms with E-state index in [0.717, 1.165) is 23.4 Å². The Kier molecular flexibility index (Phi) is 5.13. The van der Waals surface area contributed by atoms with Crippen LogP contribution in [0, 0.1) is 23.7 Å². The zero-order chi connectivity index (χ0) is 13.8. The minimum atomic E-state index is 0.565. The molecular formula is C18H30O. The molecule has 0 bridgehead atoms. The molecule has 1 nitrogen and oxygen atoms in total. The second-order valence-electron chi connectivity index (χ2n) is 6.95. The van der Waals surface area contributed by atoms with E-state index in [1.807, 2.05) is 0 Å². The van der Waals surface area contributed by atoms with Crippen LogP contribution in [0.2, 0.25) is 0 Å². The smallest absolute Gasteiger partial charge is 0.0995 e. The van der Waals surface area contributed by atoms with Gasteiger partial charge in [-0.3, -0.25) is 0 Å². The van der Waals surface area contributed by atoms with Crippen molar-refractivity contribution in [2.24, 2.45) is 23.7 Å². The third-order valence-corrected chi connectivity index (χ3v) is 5.20. The molecule has 19 heavy (non-hydrogen) atoms. The second-order valence-corrected chi connectivity index (χ2v) is 6.95. The summed E-state index contributed by atoms with van der Waals surface area (Å²) in [6.45, 7) is 13.0. The van der Waals surface area contributed by atoms with Crippen LogP contribution in [0.1, 0.15) is 65.2 Å². The summed E-state index contributed by atoms with van der Waals surface area (Å²) >= 11 is 0. The molecule has 2 fully saturated rings. The van der Waals surface area contributed by atoms with E-state index in [1.54, 1.807) is 0 Å². The van der Waals surface area contributed by atoms with E-state index in [0.29, 0.717) is 11.8 Å². The van der Waals surface area contributed by atoms with Crippen molar-refractivity contribution < 1.29 is 4.74 Å². The fourth-order valence-electron chi connectivity index (χ4n) is 3.50. The van der Waals surface area contributed by atoms with Crippen molar-refractivity contribution in [3.8, 4) is 0 Å². The lowest BCUT2D eigenvalue weighted by Gasteiger charge is -2.31. The first-order chi connectivity index (χ1) is 9.06. The van der Waals surface area contributed by atoms with Crippen LogP contribution in [0.5, 0.6) is 0 Å². The van der Waals surface area contributed by atoms with Gasteiger partial charge in [0.1, 0.15) is 0 Å². The Morgan fingerprint density at radius 1 is 0.684 bits per heavy atom. The van der Waals surface area contributed by atoms with E-state index in [2.05, 4.69) is 27.0 Å². The van der Waals surface area contributed by atoms with Crippen molar-refractivity contribution in [3.63, 3.8) is 0 Å². The van der Waals surface area contributed by atoms with E-state index in [1.165, 1.54) is 51.4 Å². The fourth-order valence-corrected chi connectivity index (χ4v) is 3.50. The second kappa shape index (κ2) is 6.63. The summed E-state index contributed by atoms with van der Waals surface area (Å²) in [5.41, 5.74) is 0. The zero-order valence-electron chi connectivity index (χ0n) is 12.8. The van der Waals surface area contributed by atoms with Gasteiger partial charge in [0.2, 0.25) is 0 Å². The van der Waals surface area contributed by atoms with Gasteiger partial charge in [-0.15, -0.1) is 0 Å². The van der Waals surface area contributed by atoms with Crippen molar-refractivity contribution in [2.45, 2.75) is 65.2 Å². The SMILES string of the molecule is C=C(OC(=C)C1CCC(C)CC1)C1CCC(C)CC1. The summed E-state index contributed by atoms with van der Waals surface area (Å²) in [5, 5.41) is 0. The summed E-state index contributed by atoms with van der Waals surface area (Å²) < 4.78 is 6.01. The third-order valence-electron chi connectivity index (χ3n) is 5.20. The Bertz CT molecular complexity index is 283. The molecule has 0 saturated heterocycles. The molecule has 0 atom stereocenters. The minimum absolute atomic E-state index is 0.565. The van der Waals surface area contributed by atoms with Crippen LogP contribution in [0.4, 0.5) is 0 Å². The molecule has 0 unspecified atom stereocenters. The van der Waals surface area contributed by atoms with Gasteiger partial charge in [-0.25, -0.2) is 0 Å². The average Bonchev–Trinajstić information content (AvgIpc) is 2.40. The number of allylic oxidation sites excluding steroid dienone is 2. The molecule has 0 amide bonds. The third kappa shape index (κ3) is 4.12. The van der Waals surface area contributed by atoms with Gasteiger partial charge in [0, 0.05) is 11.8 Å². The molecule has 0 aliphatic heterocycles. The Balaban J connectivity index is 1.77. The van der Waals surface area contributed by atoms with Gasteiger partial charge in [-0.05, 0) is 37.5 Å². The van der Waals surface area contributed by atoms with E-state index < -0.39 is 0 Å². The van der Waals surface area contributed by atoms with Crippen molar-refractivity contribution >= 4 is 0 Å². The highest BCUT2D eigenvalue weighted by Crippen LogP contribution is 2.37. The summed E-state index contributed by atoms with van der Waals surface area (Å²) in [5.74, 6) is 4.86. The van der Waals surface area contributed by atoms with Crippen LogP contribution in [0.25, 0.3) is 0 Å². The fraction of sp³-hybridized carbons (Fsp3) is 0.778. The van der Waals surface area contributed by atoms with Gasteiger partial charge in [-0.2, -0.15) is 0 Å². The standard InChI is InChI=1S/C18H30O/c1-13-5-9-17(10-6-13)15(3)19-16(4)18-11-7-14(2)8-12-18/h13-14,17-18H,3-12H2,1-2H3. The average molecular weight is 262 g/mol. The molecule has 0 aromatic rings. The molecule has 2 rings (SSSR count). The molecule has 2 saturated carbocycles. The predicted molar refractivity (Wildman–Crippen MR) is 81.6 cm³/mol. The lowest BCUT2D eigenvalue weighted by atomic mass is 9.81. The Labute approximate surface area is 119 Å². The molecular weight excluding hydrogens is 232 g/mol. The zero-order valence-corrected chi connectivity index (χ0v) is 12.8. The van der Waals surface area contributed by atoms with Crippen LogP contribution >= 0.6 is 0 Å². The molecule has 0 heterocycles. The highest BCUT2D eigenvalue weighted by atomic mass is 16.5. The summed E-state index contributed by atoms with van der Waals surface area (Å²) in [6.07, 6.45) is 10.3. The number of ether oxygens (including phenoxy) is 1. The highest BCUT2D eigenvalue weighted by Gasteiger charge is 2.25. The monoisotopic (exact) mass is 262 g/mol. The molecule has 0 radical (unpaired) electrons. The number of rotatable bonds is 4. The van der Waals surface area contributed by atoms with E-state index in [4.69, 9.17) is 4.74 Å². The van der Waals surface area contributed by atoms with Crippen molar-refractivity contribution in [1.82, 2.24) is 0 Å². The topological polar surface area (TPSA) is 9.23 Å². The van der Waals surface area contributed by atoms with Gasteiger partial charge in [0.25, 0.3) is 0 Å². The maximum atomic E-state index is 6.01. The maximum Gasteiger partial charge on any atom is 0.0995 e. The Hall–Kier alpha value is -0.720. The lowest BCUT2D eigenvalue weighted by Crippen LogP contribution is -2.18. The largest absolute Gasteiger partial charge is 0.467 e. The molecule has 108 valence electrons. The van der Waals surface area contributed by atoms with Gasteiger partial charge in [0.15, 0.2) is 0 Å². The van der Waals surface area contributed by atoms with Gasteiger partial charge >= 0.3 is 0 Å². The quantitative estimate of drug-likeness (QED) is 0.592. The van der Waals surface area contributed by atoms with Crippen molar-refractivity contribution in [1.29, 1.82) is 0 Å². The lowest BCUT2D eigenvalue weighted by molar-refractivity contribution is 0.165. The van der Waals surface area contributed by atoms with Gasteiger partial charge in [-0.1, -0.05) is 52.7 Å². The van der Waals surface area contributed by atoms with Crippen molar-refractivity contribution in [2.75, 3.05) is 0 Å². The first kappa shape index (κ1) is 14.7. The van der Waals surface area contributed by atoms with Crippen LogP contribution in [0.3, 0.4) is 0 Å². The van der Waals surface area contributed by atoms with Gasteiger partial charge < -0.3 is 4.74 Å². The first-order valence-electron chi connectivity index (χ1n) is 8.11. The van der Waals surface area contributed by atoms with Crippen LogP contribution < -0.4 is 0 Å². The number of hydrogen-bond acceptors (Lipinski definition) is 1. The van der Waals surface area contributed by atoms with E-state index in [9.17, 15) is 0 Å². The predicted octanol–water partition coefficient (Wildman–Crippen LogP) is 5.68. The molecule has 2 aliphatic rings. The number of hydrogen-bond donors (Lipinski definition) is 0. The Morgan fingerprint density at radius 2 is 1.00 bits per heavy atom. The van der Waals surface area contributed by atoms with E-state index >= 15 is 0 Å². The summed E-state index contributed by atoms with van der Waals surface area (Å²) in [6, 6.07) is 0. The molecule has 2 aliphatic carbocycles. The molecule has 1 heteroatoms. The minimum Gasteiger partial charge on any atom is -0.467 e. The highest BCUT2D eigenvalue weighted by molar-refractivity contribution is 5.02. The van der Waals surface area contributed by atoms with Crippen molar-refractivity contribution in [3.05, 3.63) is 24.7 Å². The summed E-state index contributed by atoms with van der Waals surface area (Å²) in [4.78, 5) is 0.